The van der Waals surface area contributed by atoms with E-state index < -0.39 is 0 Å². The second-order valence-corrected chi connectivity index (χ2v) is 5.48. The van der Waals surface area contributed by atoms with Crippen molar-refractivity contribution >= 4 is 0 Å². The van der Waals surface area contributed by atoms with Gasteiger partial charge in [-0.1, -0.05) is 48.5 Å². The van der Waals surface area contributed by atoms with E-state index in [1.807, 2.05) is 0 Å². The molecular weight excluding hydrogens is 242 g/mol. The average molecular weight is 261 g/mol. The van der Waals surface area contributed by atoms with Crippen molar-refractivity contribution in [2.45, 2.75) is 31.8 Å². The Hall–Kier alpha value is -2.04. The van der Waals surface area contributed by atoms with Crippen LogP contribution in [0.5, 0.6) is 0 Å². The minimum absolute atomic E-state index is 0.250. The number of fused-ring (bicyclic) bond motifs is 2. The fraction of sp³-hybridized carbons (Fsp3) is 0.263. The van der Waals surface area contributed by atoms with E-state index in [-0.39, 0.29) is 6.04 Å². The molecule has 100 valence electrons. The van der Waals surface area contributed by atoms with Crippen LogP contribution in [0.1, 0.15) is 41.6 Å². The van der Waals surface area contributed by atoms with Gasteiger partial charge in [-0.05, 0) is 35.6 Å². The van der Waals surface area contributed by atoms with Crippen molar-refractivity contribution in [3.05, 3.63) is 70.8 Å². The molecule has 0 saturated carbocycles. The smallest absolute Gasteiger partial charge is 0.0584 e. The van der Waals surface area contributed by atoms with Gasteiger partial charge >= 0.3 is 0 Å². The molecule has 1 heteroatoms. The summed E-state index contributed by atoms with van der Waals surface area (Å²) in [4.78, 5) is 0. The third kappa shape index (κ3) is 2.35. The molecule has 0 fully saturated rings. The Balaban J connectivity index is 2.01. The minimum Gasteiger partial charge on any atom is -0.303 e. The maximum Gasteiger partial charge on any atom is 0.0584 e. The van der Waals surface area contributed by atoms with Crippen molar-refractivity contribution in [1.29, 1.82) is 0 Å². The van der Waals surface area contributed by atoms with Gasteiger partial charge in [-0.2, -0.15) is 0 Å². The van der Waals surface area contributed by atoms with Crippen LogP contribution in [-0.2, 0) is 6.42 Å². The molecule has 0 saturated heterocycles. The summed E-state index contributed by atoms with van der Waals surface area (Å²) in [5.41, 5.74) is 5.60. The van der Waals surface area contributed by atoms with Crippen LogP contribution in [0.4, 0.5) is 0 Å². The third-order valence-corrected chi connectivity index (χ3v) is 3.99. The maximum atomic E-state index is 5.43. The zero-order chi connectivity index (χ0) is 13.9. The predicted molar refractivity (Wildman–Crippen MR) is 83.6 cm³/mol. The second-order valence-electron chi connectivity index (χ2n) is 5.48. The number of rotatable bonds is 3. The fourth-order valence-corrected chi connectivity index (χ4v) is 3.03. The van der Waals surface area contributed by atoms with Gasteiger partial charge in [-0.3, -0.25) is 0 Å². The highest BCUT2D eigenvalue weighted by molar-refractivity contribution is 5.48. The molecule has 2 aromatic carbocycles. The summed E-state index contributed by atoms with van der Waals surface area (Å²) in [6.45, 7) is 2.15. The average Bonchev–Trinajstić information content (AvgIpc) is 2.47. The summed E-state index contributed by atoms with van der Waals surface area (Å²) in [5, 5.41) is 3.69. The monoisotopic (exact) mass is 261 g/mol. The third-order valence-electron chi connectivity index (χ3n) is 3.99. The van der Waals surface area contributed by atoms with Crippen LogP contribution in [0.15, 0.2) is 48.5 Å². The summed E-state index contributed by atoms with van der Waals surface area (Å²) < 4.78 is 0. The van der Waals surface area contributed by atoms with Gasteiger partial charge in [0.25, 0.3) is 0 Å². The van der Waals surface area contributed by atoms with E-state index in [1.165, 1.54) is 22.3 Å². The lowest BCUT2D eigenvalue weighted by Crippen LogP contribution is -2.33. The summed E-state index contributed by atoms with van der Waals surface area (Å²) in [6, 6.07) is 17.9. The van der Waals surface area contributed by atoms with Crippen molar-refractivity contribution in [1.82, 2.24) is 5.32 Å². The van der Waals surface area contributed by atoms with Crippen LogP contribution in [0.2, 0.25) is 0 Å². The minimum atomic E-state index is 0.250. The van der Waals surface area contributed by atoms with Crippen LogP contribution in [0.25, 0.3) is 0 Å². The van der Waals surface area contributed by atoms with E-state index in [0.717, 1.165) is 12.8 Å². The first-order valence-corrected chi connectivity index (χ1v) is 7.14. The molecule has 0 amide bonds. The van der Waals surface area contributed by atoms with Crippen molar-refractivity contribution < 1.29 is 0 Å². The molecule has 1 atom stereocenters. The molecule has 0 radical (unpaired) electrons. The number of nitrogens with one attached hydrogen (secondary N) is 1. The van der Waals surface area contributed by atoms with E-state index in [0.29, 0.717) is 6.04 Å². The number of terminal acetylenes is 1. The van der Waals surface area contributed by atoms with Crippen molar-refractivity contribution in [3.63, 3.8) is 0 Å². The Morgan fingerprint density at radius 1 is 1.10 bits per heavy atom. The molecule has 3 rings (SSSR count). The van der Waals surface area contributed by atoms with Gasteiger partial charge in [-0.25, -0.2) is 0 Å². The lowest BCUT2D eigenvalue weighted by Gasteiger charge is -2.31. The van der Waals surface area contributed by atoms with Gasteiger partial charge in [0.05, 0.1) is 6.04 Å². The van der Waals surface area contributed by atoms with E-state index >= 15 is 0 Å². The Bertz CT molecular complexity index is 605. The molecule has 20 heavy (non-hydrogen) atoms. The summed E-state index contributed by atoms with van der Waals surface area (Å²) in [6.07, 6.45) is 7.21. The molecule has 0 bridgehead atoms. The van der Waals surface area contributed by atoms with Crippen molar-refractivity contribution in [2.24, 2.45) is 0 Å². The zero-order valence-corrected chi connectivity index (χ0v) is 11.8. The SMILES string of the molecule is C#CCC(C)NC1c2ccccc2Cc2ccccc21. The predicted octanol–water partition coefficient (Wildman–Crippen LogP) is 3.68. The molecule has 1 unspecified atom stereocenters. The summed E-state index contributed by atoms with van der Waals surface area (Å²) >= 11 is 0. The zero-order valence-electron chi connectivity index (χ0n) is 11.8. The molecule has 1 aliphatic carbocycles. The highest BCUT2D eigenvalue weighted by atomic mass is 14.9. The van der Waals surface area contributed by atoms with Gasteiger partial charge in [0, 0.05) is 12.5 Å². The van der Waals surface area contributed by atoms with Crippen LogP contribution >= 0.6 is 0 Å². The Labute approximate surface area is 121 Å². The number of hydrogen-bond donors (Lipinski definition) is 1. The van der Waals surface area contributed by atoms with Gasteiger partial charge in [-0.15, -0.1) is 12.3 Å². The van der Waals surface area contributed by atoms with Crippen molar-refractivity contribution in [3.8, 4) is 12.3 Å². The van der Waals surface area contributed by atoms with E-state index in [9.17, 15) is 0 Å². The quantitative estimate of drug-likeness (QED) is 0.831. The molecule has 1 nitrogen and oxygen atoms in total. The first kappa shape index (κ1) is 13.0. The molecule has 2 aromatic rings. The maximum absolute atomic E-state index is 5.43. The standard InChI is InChI=1S/C19H19N/c1-3-8-14(2)20-19-17-11-6-4-9-15(17)13-16-10-5-7-12-18(16)19/h1,4-7,9-12,14,19-20H,8,13H2,2H3. The van der Waals surface area contributed by atoms with E-state index in [1.54, 1.807) is 0 Å². The largest absolute Gasteiger partial charge is 0.303 e. The first-order valence-electron chi connectivity index (χ1n) is 7.14. The summed E-state index contributed by atoms with van der Waals surface area (Å²) in [5.74, 6) is 2.74. The van der Waals surface area contributed by atoms with E-state index in [4.69, 9.17) is 6.42 Å². The lowest BCUT2D eigenvalue weighted by atomic mass is 9.82. The first-order chi connectivity index (χ1) is 9.79. The highest BCUT2D eigenvalue weighted by Gasteiger charge is 2.25. The van der Waals surface area contributed by atoms with Crippen LogP contribution in [0, 0.1) is 12.3 Å². The van der Waals surface area contributed by atoms with Crippen LogP contribution in [0.3, 0.4) is 0 Å². The molecular formula is C19H19N. The van der Waals surface area contributed by atoms with Crippen LogP contribution in [-0.4, -0.2) is 6.04 Å². The highest BCUT2D eigenvalue weighted by Crippen LogP contribution is 2.35. The molecule has 1 aliphatic rings. The van der Waals surface area contributed by atoms with Gasteiger partial charge in [0.15, 0.2) is 0 Å². The number of hydrogen-bond acceptors (Lipinski definition) is 1. The molecule has 0 aromatic heterocycles. The van der Waals surface area contributed by atoms with E-state index in [2.05, 4.69) is 66.7 Å². The van der Waals surface area contributed by atoms with Gasteiger partial charge in [0.2, 0.25) is 0 Å². The Morgan fingerprint density at radius 3 is 2.20 bits per heavy atom. The Morgan fingerprint density at radius 2 is 1.65 bits per heavy atom. The molecule has 0 aliphatic heterocycles. The van der Waals surface area contributed by atoms with Crippen molar-refractivity contribution in [2.75, 3.05) is 0 Å². The second kappa shape index (κ2) is 5.53. The molecule has 0 heterocycles. The molecule has 0 spiro atoms. The molecule has 1 N–H and O–H groups in total. The van der Waals surface area contributed by atoms with Crippen LogP contribution < -0.4 is 5.32 Å². The number of benzene rings is 2. The fourth-order valence-electron chi connectivity index (χ4n) is 3.03. The van der Waals surface area contributed by atoms with Gasteiger partial charge < -0.3 is 5.32 Å². The normalized spacial score (nSPS) is 15.0. The Kier molecular flexibility index (Phi) is 3.58. The summed E-state index contributed by atoms with van der Waals surface area (Å²) in [7, 11) is 0. The topological polar surface area (TPSA) is 12.0 Å². The van der Waals surface area contributed by atoms with Gasteiger partial charge in [0.1, 0.15) is 0 Å². The lowest BCUT2D eigenvalue weighted by molar-refractivity contribution is 0.498.